The van der Waals surface area contributed by atoms with E-state index in [0.717, 1.165) is 54.9 Å². The van der Waals surface area contributed by atoms with E-state index in [9.17, 15) is 0 Å². The number of oxazole rings is 1. The third kappa shape index (κ3) is 3.28. The Balaban J connectivity index is 1.60. The number of benzene rings is 1. The summed E-state index contributed by atoms with van der Waals surface area (Å²) in [7, 11) is 0. The van der Waals surface area contributed by atoms with Crippen molar-refractivity contribution in [1.82, 2.24) is 9.88 Å². The summed E-state index contributed by atoms with van der Waals surface area (Å²) in [5.74, 6) is 1.38. The SMILES string of the molecule is CC(C)c1ocnc1CN1CCN(c2ccccc2Cl)CC1. The monoisotopic (exact) mass is 319 g/mol. The van der Waals surface area contributed by atoms with Gasteiger partial charge in [0.05, 0.1) is 16.4 Å². The first-order chi connectivity index (χ1) is 10.6. The van der Waals surface area contributed by atoms with Crippen LogP contribution in [0.4, 0.5) is 5.69 Å². The Hall–Kier alpha value is -1.52. The van der Waals surface area contributed by atoms with E-state index in [0.29, 0.717) is 5.92 Å². The molecule has 22 heavy (non-hydrogen) atoms. The number of nitrogens with zero attached hydrogens (tertiary/aromatic N) is 3. The average Bonchev–Trinajstić information content (AvgIpc) is 2.97. The summed E-state index contributed by atoms with van der Waals surface area (Å²) < 4.78 is 5.51. The molecule has 0 atom stereocenters. The standard InChI is InChI=1S/C17H22ClN3O/c1-13(2)17-15(19-12-22-17)11-20-7-9-21(10-8-20)16-6-4-3-5-14(16)18/h3-6,12-13H,7-11H2,1-2H3. The summed E-state index contributed by atoms with van der Waals surface area (Å²) in [5, 5.41) is 0.828. The van der Waals surface area contributed by atoms with Crippen LogP contribution in [-0.2, 0) is 6.54 Å². The van der Waals surface area contributed by atoms with Crippen molar-refractivity contribution >= 4 is 17.3 Å². The maximum atomic E-state index is 6.29. The zero-order valence-corrected chi connectivity index (χ0v) is 13.9. The molecule has 0 spiro atoms. The molecule has 0 N–H and O–H groups in total. The summed E-state index contributed by atoms with van der Waals surface area (Å²) in [5.41, 5.74) is 2.20. The van der Waals surface area contributed by atoms with Gasteiger partial charge in [-0.15, -0.1) is 0 Å². The highest BCUT2D eigenvalue weighted by atomic mass is 35.5. The van der Waals surface area contributed by atoms with Crippen LogP contribution < -0.4 is 4.90 Å². The van der Waals surface area contributed by atoms with Crippen LogP contribution in [0.25, 0.3) is 0 Å². The second kappa shape index (κ2) is 6.71. The van der Waals surface area contributed by atoms with Crippen molar-refractivity contribution in [2.75, 3.05) is 31.1 Å². The van der Waals surface area contributed by atoms with Gasteiger partial charge in [0.25, 0.3) is 0 Å². The van der Waals surface area contributed by atoms with Crippen LogP contribution in [0.15, 0.2) is 35.1 Å². The predicted octanol–water partition coefficient (Wildman–Crippen LogP) is 3.77. The molecule has 2 aromatic rings. The van der Waals surface area contributed by atoms with Crippen molar-refractivity contribution in [3.8, 4) is 0 Å². The molecule has 2 heterocycles. The first-order valence-electron chi connectivity index (χ1n) is 7.79. The van der Waals surface area contributed by atoms with Crippen LogP contribution in [0.5, 0.6) is 0 Å². The fourth-order valence-corrected chi connectivity index (χ4v) is 3.19. The van der Waals surface area contributed by atoms with Gasteiger partial charge in [-0.05, 0) is 12.1 Å². The smallest absolute Gasteiger partial charge is 0.181 e. The molecule has 0 aliphatic carbocycles. The lowest BCUT2D eigenvalue weighted by Crippen LogP contribution is -2.46. The van der Waals surface area contributed by atoms with Gasteiger partial charge in [0.2, 0.25) is 0 Å². The first-order valence-corrected chi connectivity index (χ1v) is 8.17. The van der Waals surface area contributed by atoms with E-state index >= 15 is 0 Å². The van der Waals surface area contributed by atoms with Crippen molar-refractivity contribution in [2.24, 2.45) is 0 Å². The lowest BCUT2D eigenvalue weighted by atomic mass is 10.1. The molecule has 0 saturated carbocycles. The molecule has 1 aliphatic heterocycles. The van der Waals surface area contributed by atoms with E-state index < -0.39 is 0 Å². The number of anilines is 1. The summed E-state index contributed by atoms with van der Waals surface area (Å²) in [6.07, 6.45) is 1.56. The molecule has 0 amide bonds. The minimum absolute atomic E-state index is 0.377. The second-order valence-corrected chi connectivity index (χ2v) is 6.44. The zero-order valence-electron chi connectivity index (χ0n) is 13.1. The normalized spacial score (nSPS) is 16.5. The summed E-state index contributed by atoms with van der Waals surface area (Å²) in [4.78, 5) is 9.16. The fourth-order valence-electron chi connectivity index (χ4n) is 2.93. The third-order valence-corrected chi connectivity index (χ3v) is 4.46. The molecule has 5 heteroatoms. The summed E-state index contributed by atoms with van der Waals surface area (Å²) in [6.45, 7) is 9.13. The Kier molecular flexibility index (Phi) is 4.69. The third-order valence-electron chi connectivity index (χ3n) is 4.14. The van der Waals surface area contributed by atoms with E-state index in [4.69, 9.17) is 16.0 Å². The van der Waals surface area contributed by atoms with E-state index in [2.05, 4.69) is 34.7 Å². The lowest BCUT2D eigenvalue weighted by molar-refractivity contribution is 0.245. The average molecular weight is 320 g/mol. The number of piperazine rings is 1. The second-order valence-electron chi connectivity index (χ2n) is 6.03. The highest BCUT2D eigenvalue weighted by Gasteiger charge is 2.21. The predicted molar refractivity (Wildman–Crippen MR) is 89.5 cm³/mol. The zero-order chi connectivity index (χ0) is 15.5. The molecule has 1 aromatic carbocycles. The van der Waals surface area contributed by atoms with Crippen LogP contribution in [0, 0.1) is 0 Å². The number of hydrogen-bond acceptors (Lipinski definition) is 4. The molecular formula is C17H22ClN3O. The molecule has 3 rings (SSSR count). The van der Waals surface area contributed by atoms with Crippen molar-refractivity contribution < 1.29 is 4.42 Å². The van der Waals surface area contributed by atoms with Gasteiger partial charge in [0.1, 0.15) is 5.76 Å². The maximum absolute atomic E-state index is 6.29. The van der Waals surface area contributed by atoms with Crippen LogP contribution in [-0.4, -0.2) is 36.1 Å². The molecule has 1 aromatic heterocycles. The van der Waals surface area contributed by atoms with Crippen LogP contribution in [0.3, 0.4) is 0 Å². The Morgan fingerprint density at radius 1 is 1.18 bits per heavy atom. The van der Waals surface area contributed by atoms with Gasteiger partial charge in [0.15, 0.2) is 6.39 Å². The van der Waals surface area contributed by atoms with Crippen LogP contribution >= 0.6 is 11.6 Å². The van der Waals surface area contributed by atoms with Crippen molar-refractivity contribution in [3.63, 3.8) is 0 Å². The molecule has 0 radical (unpaired) electrons. The number of hydrogen-bond donors (Lipinski definition) is 0. The first kappa shape index (κ1) is 15.4. The number of rotatable bonds is 4. The Bertz CT molecular complexity index is 618. The quantitative estimate of drug-likeness (QED) is 0.858. The highest BCUT2D eigenvalue weighted by molar-refractivity contribution is 6.33. The Morgan fingerprint density at radius 2 is 1.91 bits per heavy atom. The van der Waals surface area contributed by atoms with Crippen LogP contribution in [0.2, 0.25) is 5.02 Å². The number of halogens is 1. The molecule has 1 fully saturated rings. The lowest BCUT2D eigenvalue weighted by Gasteiger charge is -2.36. The van der Waals surface area contributed by atoms with E-state index in [1.807, 2.05) is 18.2 Å². The molecular weight excluding hydrogens is 298 g/mol. The van der Waals surface area contributed by atoms with Gasteiger partial charge >= 0.3 is 0 Å². The molecule has 4 nitrogen and oxygen atoms in total. The van der Waals surface area contributed by atoms with Gasteiger partial charge in [-0.3, -0.25) is 4.90 Å². The minimum Gasteiger partial charge on any atom is -0.448 e. The Morgan fingerprint density at radius 3 is 2.59 bits per heavy atom. The van der Waals surface area contributed by atoms with E-state index in [1.54, 1.807) is 6.39 Å². The van der Waals surface area contributed by atoms with Gasteiger partial charge in [-0.25, -0.2) is 4.98 Å². The van der Waals surface area contributed by atoms with Gasteiger partial charge in [0, 0.05) is 38.6 Å². The summed E-state index contributed by atoms with van der Waals surface area (Å²) >= 11 is 6.29. The molecule has 1 aliphatic rings. The maximum Gasteiger partial charge on any atom is 0.181 e. The molecule has 118 valence electrons. The van der Waals surface area contributed by atoms with Gasteiger partial charge in [-0.2, -0.15) is 0 Å². The largest absolute Gasteiger partial charge is 0.448 e. The molecule has 1 saturated heterocycles. The van der Waals surface area contributed by atoms with Gasteiger partial charge in [-0.1, -0.05) is 37.6 Å². The summed E-state index contributed by atoms with van der Waals surface area (Å²) in [6, 6.07) is 8.05. The van der Waals surface area contributed by atoms with E-state index in [1.165, 1.54) is 0 Å². The highest BCUT2D eigenvalue weighted by Crippen LogP contribution is 2.26. The van der Waals surface area contributed by atoms with Gasteiger partial charge < -0.3 is 9.32 Å². The number of aromatic nitrogens is 1. The molecule has 0 unspecified atom stereocenters. The van der Waals surface area contributed by atoms with E-state index in [-0.39, 0.29) is 0 Å². The fraction of sp³-hybridized carbons (Fsp3) is 0.471. The number of para-hydroxylation sites is 1. The Labute approximate surface area is 136 Å². The van der Waals surface area contributed by atoms with Crippen LogP contribution in [0.1, 0.15) is 31.2 Å². The van der Waals surface area contributed by atoms with Crippen molar-refractivity contribution in [2.45, 2.75) is 26.3 Å². The molecule has 0 bridgehead atoms. The minimum atomic E-state index is 0.377. The van der Waals surface area contributed by atoms with Crippen molar-refractivity contribution in [3.05, 3.63) is 47.1 Å². The van der Waals surface area contributed by atoms with Crippen molar-refractivity contribution in [1.29, 1.82) is 0 Å². The topological polar surface area (TPSA) is 32.5 Å².